The number of nitrogens with zero attached hydrogens (tertiary/aromatic N) is 3. The van der Waals surface area contributed by atoms with E-state index in [1.165, 1.54) is 12.1 Å². The Morgan fingerprint density at radius 1 is 1.14 bits per heavy atom. The molecule has 186 valence electrons. The predicted molar refractivity (Wildman–Crippen MR) is 139 cm³/mol. The summed E-state index contributed by atoms with van der Waals surface area (Å²) in [5.41, 5.74) is 5.73. The lowest BCUT2D eigenvalue weighted by Crippen LogP contribution is -2.29. The van der Waals surface area contributed by atoms with Gasteiger partial charge >= 0.3 is 0 Å². The third kappa shape index (κ3) is 4.95. The van der Waals surface area contributed by atoms with Crippen LogP contribution >= 0.6 is 0 Å². The van der Waals surface area contributed by atoms with Crippen molar-refractivity contribution in [3.05, 3.63) is 71.2 Å². The molecule has 1 aliphatic carbocycles. The molecule has 8 heteroatoms. The molecule has 0 saturated heterocycles. The van der Waals surface area contributed by atoms with Crippen LogP contribution in [0, 0.1) is 19.7 Å². The molecule has 0 bridgehead atoms. The van der Waals surface area contributed by atoms with Crippen molar-refractivity contribution in [2.24, 2.45) is 0 Å². The average Bonchev–Trinajstić information content (AvgIpc) is 3.51. The van der Waals surface area contributed by atoms with Gasteiger partial charge in [0, 0.05) is 29.3 Å². The Bertz CT molecular complexity index is 1470. The number of fused-ring (bicyclic) bond motifs is 1. The molecule has 2 aromatic carbocycles. The fourth-order valence-corrected chi connectivity index (χ4v) is 4.22. The van der Waals surface area contributed by atoms with Crippen molar-refractivity contribution in [2.75, 3.05) is 11.9 Å². The van der Waals surface area contributed by atoms with Gasteiger partial charge in [-0.25, -0.2) is 13.9 Å². The highest BCUT2D eigenvalue weighted by molar-refractivity contribution is 5.96. The summed E-state index contributed by atoms with van der Waals surface area (Å²) in [6.07, 6.45) is 3.82. The first-order valence-corrected chi connectivity index (χ1v) is 12.1. The highest BCUT2D eigenvalue weighted by Crippen LogP contribution is 2.31. The van der Waals surface area contributed by atoms with E-state index in [0.29, 0.717) is 35.2 Å². The molecular formula is C28H30FN5O2. The van der Waals surface area contributed by atoms with Crippen molar-refractivity contribution in [1.29, 1.82) is 0 Å². The number of aromatic nitrogens is 3. The molecule has 1 saturated carbocycles. The molecule has 0 aliphatic heterocycles. The van der Waals surface area contributed by atoms with Gasteiger partial charge in [0.05, 0.1) is 28.9 Å². The molecule has 36 heavy (non-hydrogen) atoms. The summed E-state index contributed by atoms with van der Waals surface area (Å²) in [5.74, 6) is -0.354. The quantitative estimate of drug-likeness (QED) is 0.345. The number of carbonyl (C=O) groups excluding carboxylic acids is 1. The maximum atomic E-state index is 13.8. The summed E-state index contributed by atoms with van der Waals surface area (Å²) in [6.45, 7) is 7.53. The Morgan fingerprint density at radius 2 is 1.92 bits per heavy atom. The van der Waals surface area contributed by atoms with Crippen LogP contribution in [0.25, 0.3) is 28.2 Å². The first-order chi connectivity index (χ1) is 17.1. The Morgan fingerprint density at radius 3 is 2.58 bits per heavy atom. The Hall–Kier alpha value is -3.78. The largest absolute Gasteiger partial charge is 0.389 e. The predicted octanol–water partition coefficient (Wildman–Crippen LogP) is 4.89. The molecule has 2 aromatic heterocycles. The number of hydrogen-bond donors (Lipinski definition) is 3. The number of benzene rings is 2. The standard InChI is InChI=1S/C28H30FN5O2/c1-16-11-18(5-9-22(16)27(35)32-20-7-8-20)25-14-30-26-24(31-15-28(3,4)36)13-23(33-34(25)26)21-10-6-19(29)12-17(21)2/h5-6,9-14,20,31,36H,7-8,15H2,1-4H3,(H,32,35). The van der Waals surface area contributed by atoms with Crippen molar-refractivity contribution in [3.8, 4) is 22.5 Å². The Labute approximate surface area is 209 Å². The summed E-state index contributed by atoms with van der Waals surface area (Å²) in [4.78, 5) is 17.2. The van der Waals surface area contributed by atoms with E-state index in [2.05, 4.69) is 15.6 Å². The lowest BCUT2D eigenvalue weighted by molar-refractivity contribution is 0.0940. The van der Waals surface area contributed by atoms with Gasteiger partial charge < -0.3 is 15.7 Å². The molecule has 5 rings (SSSR count). The van der Waals surface area contributed by atoms with E-state index in [4.69, 9.17) is 5.10 Å². The van der Waals surface area contributed by atoms with E-state index in [0.717, 1.165) is 40.8 Å². The zero-order valence-corrected chi connectivity index (χ0v) is 20.9. The van der Waals surface area contributed by atoms with Crippen molar-refractivity contribution in [2.45, 2.75) is 52.2 Å². The van der Waals surface area contributed by atoms with Crippen LogP contribution in [0.3, 0.4) is 0 Å². The number of rotatable bonds is 7. The lowest BCUT2D eigenvalue weighted by Gasteiger charge is -2.19. The van der Waals surface area contributed by atoms with E-state index >= 15 is 0 Å². The molecule has 3 N–H and O–H groups in total. The maximum Gasteiger partial charge on any atom is 0.251 e. The Balaban J connectivity index is 1.60. The fraction of sp³-hybridized carbons (Fsp3) is 0.321. The SMILES string of the molecule is Cc1cc(-c2cnc3c(NCC(C)(C)O)cc(-c4ccc(F)cc4C)nn23)ccc1C(=O)NC1CC1. The number of nitrogens with one attached hydrogen (secondary N) is 2. The Kier molecular flexibility index (Phi) is 6.00. The van der Waals surface area contributed by atoms with Crippen LogP contribution in [-0.4, -0.2) is 43.8 Å². The van der Waals surface area contributed by atoms with Crippen molar-refractivity contribution in [3.63, 3.8) is 0 Å². The molecule has 1 aliphatic rings. The molecule has 1 amide bonds. The third-order valence-corrected chi connectivity index (χ3v) is 6.32. The summed E-state index contributed by atoms with van der Waals surface area (Å²) in [7, 11) is 0. The van der Waals surface area contributed by atoms with Crippen LogP contribution in [-0.2, 0) is 0 Å². The van der Waals surface area contributed by atoms with Crippen LogP contribution < -0.4 is 10.6 Å². The topological polar surface area (TPSA) is 91.6 Å². The summed E-state index contributed by atoms with van der Waals surface area (Å²) in [5, 5.41) is 21.5. The van der Waals surface area contributed by atoms with Gasteiger partial charge in [-0.15, -0.1) is 0 Å². The van der Waals surface area contributed by atoms with E-state index in [-0.39, 0.29) is 11.7 Å². The van der Waals surface area contributed by atoms with Crippen LogP contribution in [0.4, 0.5) is 10.1 Å². The van der Waals surface area contributed by atoms with Gasteiger partial charge in [-0.05, 0) is 88.1 Å². The minimum absolute atomic E-state index is 0.0509. The minimum Gasteiger partial charge on any atom is -0.389 e. The number of amides is 1. The van der Waals surface area contributed by atoms with E-state index in [1.807, 2.05) is 38.1 Å². The number of halogens is 1. The van der Waals surface area contributed by atoms with E-state index in [9.17, 15) is 14.3 Å². The molecule has 0 spiro atoms. The smallest absolute Gasteiger partial charge is 0.251 e. The molecule has 2 heterocycles. The monoisotopic (exact) mass is 487 g/mol. The van der Waals surface area contributed by atoms with Gasteiger partial charge in [-0.1, -0.05) is 6.07 Å². The lowest BCUT2D eigenvalue weighted by atomic mass is 10.0. The maximum absolute atomic E-state index is 13.8. The van der Waals surface area contributed by atoms with Gasteiger partial charge in [0.15, 0.2) is 5.65 Å². The summed E-state index contributed by atoms with van der Waals surface area (Å²) in [6, 6.07) is 12.5. The van der Waals surface area contributed by atoms with Gasteiger partial charge in [0.2, 0.25) is 0 Å². The van der Waals surface area contributed by atoms with Crippen molar-refractivity contribution >= 4 is 17.2 Å². The second-order valence-corrected chi connectivity index (χ2v) is 10.2. The number of aryl methyl sites for hydroxylation is 2. The van der Waals surface area contributed by atoms with Crippen LogP contribution in [0.1, 0.15) is 48.2 Å². The second kappa shape index (κ2) is 9.02. The molecule has 4 aromatic rings. The first-order valence-electron chi connectivity index (χ1n) is 12.1. The fourth-order valence-electron chi connectivity index (χ4n) is 4.22. The van der Waals surface area contributed by atoms with Crippen molar-refractivity contribution in [1.82, 2.24) is 19.9 Å². The molecule has 0 unspecified atom stereocenters. The summed E-state index contributed by atoms with van der Waals surface area (Å²) >= 11 is 0. The first kappa shape index (κ1) is 23.9. The van der Waals surface area contributed by atoms with E-state index < -0.39 is 5.60 Å². The zero-order valence-electron chi connectivity index (χ0n) is 20.9. The molecule has 0 radical (unpaired) electrons. The van der Waals surface area contributed by atoms with E-state index in [1.54, 1.807) is 30.6 Å². The summed E-state index contributed by atoms with van der Waals surface area (Å²) < 4.78 is 15.5. The number of carbonyl (C=O) groups is 1. The third-order valence-electron chi connectivity index (χ3n) is 6.32. The second-order valence-electron chi connectivity index (χ2n) is 10.2. The molecule has 1 fully saturated rings. The van der Waals surface area contributed by atoms with Gasteiger partial charge in [0.1, 0.15) is 5.82 Å². The highest BCUT2D eigenvalue weighted by Gasteiger charge is 2.25. The number of aliphatic hydroxyl groups is 1. The normalized spacial score (nSPS) is 13.7. The minimum atomic E-state index is -0.935. The van der Waals surface area contributed by atoms with Crippen LogP contribution in [0.15, 0.2) is 48.7 Å². The van der Waals surface area contributed by atoms with Crippen molar-refractivity contribution < 1.29 is 14.3 Å². The highest BCUT2D eigenvalue weighted by atomic mass is 19.1. The van der Waals surface area contributed by atoms with Gasteiger partial charge in [0.25, 0.3) is 5.91 Å². The average molecular weight is 488 g/mol. The zero-order chi connectivity index (χ0) is 25.6. The molecule has 7 nitrogen and oxygen atoms in total. The number of imidazole rings is 1. The van der Waals surface area contributed by atoms with Gasteiger partial charge in [-0.2, -0.15) is 5.10 Å². The molecular weight excluding hydrogens is 457 g/mol. The van der Waals surface area contributed by atoms with Crippen LogP contribution in [0.2, 0.25) is 0 Å². The number of hydrogen-bond acceptors (Lipinski definition) is 5. The molecule has 0 atom stereocenters. The number of anilines is 1. The van der Waals surface area contributed by atoms with Crippen LogP contribution in [0.5, 0.6) is 0 Å². The van der Waals surface area contributed by atoms with Gasteiger partial charge in [-0.3, -0.25) is 4.79 Å².